The van der Waals surface area contributed by atoms with Crippen LogP contribution in [0.1, 0.15) is 66.2 Å². The van der Waals surface area contributed by atoms with Crippen molar-refractivity contribution < 1.29 is 9.22 Å². The van der Waals surface area contributed by atoms with Crippen LogP contribution in [0.15, 0.2) is 0 Å². The molecule has 0 saturated heterocycles. The topological polar surface area (TPSA) is 50.1 Å². The van der Waals surface area contributed by atoms with E-state index in [9.17, 15) is 4.79 Å². The summed E-state index contributed by atoms with van der Waals surface area (Å²) in [6.45, 7) is 13.3. The molecule has 0 heterocycles. The number of carbonyl (C=O) groups is 1. The fourth-order valence-electron chi connectivity index (χ4n) is 2.66. The highest BCUT2D eigenvalue weighted by molar-refractivity contribution is 6.74. The summed E-state index contributed by atoms with van der Waals surface area (Å²) in [5.74, 6) is 0.319. The zero-order valence-electron chi connectivity index (χ0n) is 14.6. The number of rotatable bonds is 4. The van der Waals surface area contributed by atoms with E-state index in [1.54, 1.807) is 0 Å². The van der Waals surface area contributed by atoms with E-state index >= 15 is 0 Å². The van der Waals surface area contributed by atoms with Crippen LogP contribution in [0.2, 0.25) is 18.1 Å². The maximum Gasteiger partial charge on any atom is 0.192 e. The third kappa shape index (κ3) is 4.65. The van der Waals surface area contributed by atoms with Gasteiger partial charge in [-0.2, -0.15) is 5.26 Å². The molecule has 1 rings (SSSR count). The van der Waals surface area contributed by atoms with Gasteiger partial charge in [0, 0.05) is 24.4 Å². The molecule has 0 aromatic carbocycles. The fraction of sp³-hybridized carbons (Fsp3) is 0.882. The summed E-state index contributed by atoms with van der Waals surface area (Å²) in [7, 11) is -1.77. The van der Waals surface area contributed by atoms with Crippen molar-refractivity contribution in [1.29, 1.82) is 5.26 Å². The van der Waals surface area contributed by atoms with E-state index in [2.05, 4.69) is 39.9 Å². The van der Waals surface area contributed by atoms with E-state index in [0.29, 0.717) is 25.0 Å². The molecule has 4 heteroatoms. The molecule has 21 heavy (non-hydrogen) atoms. The van der Waals surface area contributed by atoms with E-state index in [1.165, 1.54) is 0 Å². The SMILES string of the molecule is CC1(CCC#N)CCC(O[Si](C)(C)C(C)(C)C)CCC1=O. The first kappa shape index (κ1) is 18.4. The van der Waals surface area contributed by atoms with Crippen LogP contribution in [-0.4, -0.2) is 20.2 Å². The lowest BCUT2D eigenvalue weighted by Gasteiger charge is -2.39. The average Bonchev–Trinajstić information content (AvgIpc) is 2.49. The predicted octanol–water partition coefficient (Wildman–Crippen LogP) is 4.83. The molecule has 0 radical (unpaired) electrons. The van der Waals surface area contributed by atoms with Gasteiger partial charge in [0.2, 0.25) is 0 Å². The second-order valence-electron chi connectivity index (χ2n) is 8.22. The first-order valence-electron chi connectivity index (χ1n) is 8.10. The predicted molar refractivity (Wildman–Crippen MR) is 88.5 cm³/mol. The molecule has 1 aliphatic carbocycles. The molecule has 3 nitrogen and oxygen atoms in total. The Morgan fingerprint density at radius 3 is 2.52 bits per heavy atom. The van der Waals surface area contributed by atoms with Crippen LogP contribution in [0.5, 0.6) is 0 Å². The number of nitrogens with zero attached hydrogens (tertiary/aromatic N) is 1. The maximum absolute atomic E-state index is 12.4. The molecule has 0 amide bonds. The van der Waals surface area contributed by atoms with Gasteiger partial charge in [-0.05, 0) is 43.8 Å². The summed E-state index contributed by atoms with van der Waals surface area (Å²) >= 11 is 0. The molecule has 2 unspecified atom stereocenters. The second-order valence-corrected chi connectivity index (χ2v) is 13.0. The van der Waals surface area contributed by atoms with Crippen molar-refractivity contribution in [2.24, 2.45) is 5.41 Å². The lowest BCUT2D eigenvalue weighted by molar-refractivity contribution is -0.128. The summed E-state index contributed by atoms with van der Waals surface area (Å²) in [4.78, 5) is 12.4. The van der Waals surface area contributed by atoms with Gasteiger partial charge in [0.25, 0.3) is 0 Å². The first-order valence-corrected chi connectivity index (χ1v) is 11.0. The van der Waals surface area contributed by atoms with Crippen molar-refractivity contribution in [2.45, 2.75) is 90.5 Å². The van der Waals surface area contributed by atoms with Crippen molar-refractivity contribution in [3.05, 3.63) is 0 Å². The number of nitriles is 1. The van der Waals surface area contributed by atoms with Gasteiger partial charge in [0.05, 0.1) is 6.07 Å². The monoisotopic (exact) mass is 309 g/mol. The normalized spacial score (nSPS) is 28.0. The third-order valence-corrected chi connectivity index (χ3v) is 9.98. The molecule has 120 valence electrons. The summed E-state index contributed by atoms with van der Waals surface area (Å²) in [5, 5.41) is 8.98. The van der Waals surface area contributed by atoms with Crippen molar-refractivity contribution in [3.8, 4) is 6.07 Å². The molecule has 0 aromatic heterocycles. The van der Waals surface area contributed by atoms with Crippen LogP contribution in [-0.2, 0) is 9.22 Å². The summed E-state index contributed by atoms with van der Waals surface area (Å²) < 4.78 is 6.49. The molecule has 0 aliphatic heterocycles. The van der Waals surface area contributed by atoms with Crippen molar-refractivity contribution in [1.82, 2.24) is 0 Å². The Morgan fingerprint density at radius 1 is 1.38 bits per heavy atom. The smallest absolute Gasteiger partial charge is 0.192 e. The minimum atomic E-state index is -1.77. The molecule has 0 N–H and O–H groups in total. The van der Waals surface area contributed by atoms with E-state index in [1.807, 2.05) is 6.92 Å². The van der Waals surface area contributed by atoms with Crippen LogP contribution < -0.4 is 0 Å². The summed E-state index contributed by atoms with van der Waals surface area (Å²) in [6, 6.07) is 2.17. The number of hydrogen-bond donors (Lipinski definition) is 0. The lowest BCUT2D eigenvalue weighted by atomic mass is 9.77. The second kappa shape index (κ2) is 6.62. The largest absolute Gasteiger partial charge is 0.414 e. The van der Waals surface area contributed by atoms with Crippen LogP contribution in [0, 0.1) is 16.7 Å². The van der Waals surface area contributed by atoms with Crippen LogP contribution in [0.4, 0.5) is 0 Å². The average molecular weight is 310 g/mol. The molecule has 0 aromatic rings. The fourth-order valence-corrected chi connectivity index (χ4v) is 4.09. The molecule has 0 bridgehead atoms. The quantitative estimate of drug-likeness (QED) is 0.552. The van der Waals surface area contributed by atoms with Gasteiger partial charge in [-0.1, -0.05) is 27.7 Å². The van der Waals surface area contributed by atoms with Gasteiger partial charge in [-0.3, -0.25) is 4.79 Å². The Labute approximate surface area is 131 Å². The highest BCUT2D eigenvalue weighted by Crippen LogP contribution is 2.41. The molecule has 1 aliphatic rings. The minimum absolute atomic E-state index is 0.202. The molecular weight excluding hydrogens is 278 g/mol. The molecule has 1 fully saturated rings. The third-order valence-electron chi connectivity index (χ3n) is 5.44. The van der Waals surface area contributed by atoms with Gasteiger partial charge in [0.15, 0.2) is 8.32 Å². The van der Waals surface area contributed by atoms with E-state index < -0.39 is 8.32 Å². The van der Waals surface area contributed by atoms with Crippen LogP contribution >= 0.6 is 0 Å². The Hall–Kier alpha value is -0.663. The Bertz CT molecular complexity index is 419. The molecule has 1 saturated carbocycles. The standard InChI is InChI=1S/C17H31NO2Si/c1-16(2,3)21(5,6)20-14-8-9-15(19)17(4,12-10-14)11-7-13-18/h14H,7-12H2,1-6H3. The highest BCUT2D eigenvalue weighted by Gasteiger charge is 2.41. The van der Waals surface area contributed by atoms with Gasteiger partial charge in [0.1, 0.15) is 5.78 Å². The number of Topliss-reactive ketones (excluding diaryl/α,β-unsaturated/α-hetero) is 1. The van der Waals surface area contributed by atoms with E-state index in [4.69, 9.17) is 9.69 Å². The number of carbonyl (C=O) groups excluding carboxylic acids is 1. The van der Waals surface area contributed by atoms with Gasteiger partial charge in [-0.25, -0.2) is 0 Å². The van der Waals surface area contributed by atoms with Crippen molar-refractivity contribution >= 4 is 14.1 Å². The molecular formula is C17H31NO2Si. The number of hydrogen-bond acceptors (Lipinski definition) is 3. The maximum atomic E-state index is 12.4. The Balaban J connectivity index is 2.72. The Morgan fingerprint density at radius 2 is 2.00 bits per heavy atom. The molecule has 2 atom stereocenters. The van der Waals surface area contributed by atoms with Crippen molar-refractivity contribution in [2.75, 3.05) is 0 Å². The zero-order chi connectivity index (χ0) is 16.3. The van der Waals surface area contributed by atoms with E-state index in [-0.39, 0.29) is 16.6 Å². The van der Waals surface area contributed by atoms with E-state index in [0.717, 1.165) is 19.3 Å². The highest BCUT2D eigenvalue weighted by atomic mass is 28.4. The van der Waals surface area contributed by atoms with Crippen LogP contribution in [0.25, 0.3) is 0 Å². The zero-order valence-corrected chi connectivity index (χ0v) is 15.6. The van der Waals surface area contributed by atoms with Gasteiger partial charge in [-0.15, -0.1) is 0 Å². The van der Waals surface area contributed by atoms with Crippen molar-refractivity contribution in [3.63, 3.8) is 0 Å². The van der Waals surface area contributed by atoms with Crippen LogP contribution in [0.3, 0.4) is 0 Å². The Kier molecular flexibility index (Phi) is 5.80. The lowest BCUT2D eigenvalue weighted by Crippen LogP contribution is -2.43. The molecule has 0 spiro atoms. The van der Waals surface area contributed by atoms with Gasteiger partial charge < -0.3 is 4.43 Å². The number of ketones is 1. The van der Waals surface area contributed by atoms with Gasteiger partial charge >= 0.3 is 0 Å². The summed E-state index contributed by atoms with van der Waals surface area (Å²) in [6.07, 6.45) is 4.60. The minimum Gasteiger partial charge on any atom is -0.414 e. The first-order chi connectivity index (χ1) is 9.52. The summed E-state index contributed by atoms with van der Waals surface area (Å²) in [5.41, 5.74) is -0.318.